The minimum atomic E-state index is -2.64. The predicted molar refractivity (Wildman–Crippen MR) is 150 cm³/mol. The minimum Gasteiger partial charge on any atom is -0.381 e. The Morgan fingerprint density at radius 3 is 2.60 bits per heavy atom. The monoisotopic (exact) mass is 550 g/mol. The molecule has 0 aliphatic carbocycles. The molecule has 3 aliphatic rings. The first-order valence-electron chi connectivity index (χ1n) is 14.1. The van der Waals surface area contributed by atoms with Crippen molar-refractivity contribution in [3.63, 3.8) is 0 Å². The van der Waals surface area contributed by atoms with E-state index >= 15 is 0 Å². The highest BCUT2D eigenvalue weighted by atomic mass is 19.3. The lowest BCUT2D eigenvalue weighted by Gasteiger charge is -2.33. The van der Waals surface area contributed by atoms with Crippen LogP contribution in [0.25, 0.3) is 11.1 Å². The second-order valence-corrected chi connectivity index (χ2v) is 11.2. The standard InChI is InChI=1S/C30H36F2N6O2/c1-19(39)36-12-8-26-25(18-36)30(34-38(26)22-9-13-40-14-10-22)37-11-4-5-20-15-23(24(29(31)32)16-27(20)37)21-6-7-28(33-17-21)35(2)3/h6-7,15-17,22,29H,4-5,8-14,18H2,1-3H3. The summed E-state index contributed by atoms with van der Waals surface area (Å²) in [6.07, 6.45) is 3.23. The number of aryl methyl sites for hydroxylation is 1. The second kappa shape index (κ2) is 10.8. The van der Waals surface area contributed by atoms with Gasteiger partial charge in [0.2, 0.25) is 5.91 Å². The van der Waals surface area contributed by atoms with Gasteiger partial charge in [0.15, 0.2) is 5.82 Å². The van der Waals surface area contributed by atoms with Crippen LogP contribution in [0.1, 0.15) is 61.0 Å². The fraction of sp³-hybridized carbons (Fsp3) is 0.500. The summed E-state index contributed by atoms with van der Waals surface area (Å²) in [6.45, 7) is 4.83. The third-order valence-electron chi connectivity index (χ3n) is 8.42. The molecule has 1 saturated heterocycles. The summed E-state index contributed by atoms with van der Waals surface area (Å²) in [4.78, 5) is 22.6. The first-order valence-corrected chi connectivity index (χ1v) is 14.1. The number of nitrogens with zero attached hydrogens (tertiary/aromatic N) is 6. The van der Waals surface area contributed by atoms with Crippen molar-refractivity contribution in [2.45, 2.75) is 58.0 Å². The zero-order valence-electron chi connectivity index (χ0n) is 23.4. The van der Waals surface area contributed by atoms with Crippen molar-refractivity contribution in [1.82, 2.24) is 19.7 Å². The highest BCUT2D eigenvalue weighted by Crippen LogP contribution is 2.43. The van der Waals surface area contributed by atoms with E-state index in [2.05, 4.69) is 14.6 Å². The van der Waals surface area contributed by atoms with Gasteiger partial charge in [-0.25, -0.2) is 13.8 Å². The maximum Gasteiger partial charge on any atom is 0.264 e. The van der Waals surface area contributed by atoms with Gasteiger partial charge in [-0.05, 0) is 61.1 Å². The van der Waals surface area contributed by atoms with Crippen LogP contribution in [0.2, 0.25) is 0 Å². The summed E-state index contributed by atoms with van der Waals surface area (Å²) >= 11 is 0. The number of amides is 1. The molecule has 212 valence electrons. The Balaban J connectivity index is 1.44. The largest absolute Gasteiger partial charge is 0.381 e. The summed E-state index contributed by atoms with van der Waals surface area (Å²) in [5, 5.41) is 5.16. The molecule has 40 heavy (non-hydrogen) atoms. The van der Waals surface area contributed by atoms with Crippen molar-refractivity contribution in [2.75, 3.05) is 50.2 Å². The molecule has 10 heteroatoms. The van der Waals surface area contributed by atoms with E-state index in [9.17, 15) is 13.6 Å². The zero-order chi connectivity index (χ0) is 28.0. The summed E-state index contributed by atoms with van der Waals surface area (Å²) < 4.78 is 36.9. The van der Waals surface area contributed by atoms with E-state index in [1.54, 1.807) is 19.2 Å². The van der Waals surface area contributed by atoms with Crippen molar-refractivity contribution in [2.24, 2.45) is 0 Å². The smallest absolute Gasteiger partial charge is 0.264 e. The third-order valence-corrected chi connectivity index (χ3v) is 8.42. The molecule has 1 amide bonds. The topological polar surface area (TPSA) is 66.7 Å². The highest BCUT2D eigenvalue weighted by molar-refractivity contribution is 5.78. The molecule has 1 aromatic carbocycles. The molecular weight excluding hydrogens is 514 g/mol. The van der Waals surface area contributed by atoms with Crippen LogP contribution in [0.3, 0.4) is 0 Å². The van der Waals surface area contributed by atoms with E-state index in [1.807, 2.05) is 42.1 Å². The van der Waals surface area contributed by atoms with Crippen LogP contribution < -0.4 is 9.80 Å². The first-order chi connectivity index (χ1) is 19.3. The van der Waals surface area contributed by atoms with Gasteiger partial charge in [0.05, 0.1) is 12.6 Å². The molecule has 5 heterocycles. The lowest BCUT2D eigenvalue weighted by atomic mass is 9.92. The van der Waals surface area contributed by atoms with Gasteiger partial charge in [-0.2, -0.15) is 5.10 Å². The van der Waals surface area contributed by atoms with Gasteiger partial charge in [-0.15, -0.1) is 0 Å². The summed E-state index contributed by atoms with van der Waals surface area (Å²) in [6, 6.07) is 7.52. The zero-order valence-corrected chi connectivity index (χ0v) is 23.4. The normalized spacial score (nSPS) is 17.6. The maximum absolute atomic E-state index is 14.6. The number of rotatable bonds is 5. The lowest BCUT2D eigenvalue weighted by molar-refractivity contribution is -0.129. The van der Waals surface area contributed by atoms with Crippen molar-refractivity contribution in [3.05, 3.63) is 52.8 Å². The number of alkyl halides is 2. The van der Waals surface area contributed by atoms with Crippen molar-refractivity contribution < 1.29 is 18.3 Å². The Labute approximate surface area is 233 Å². The molecule has 0 bridgehead atoms. The van der Waals surface area contributed by atoms with Crippen LogP contribution in [0.15, 0.2) is 30.5 Å². The van der Waals surface area contributed by atoms with Gasteiger partial charge < -0.3 is 19.4 Å². The fourth-order valence-corrected chi connectivity index (χ4v) is 6.25. The number of carbonyl (C=O) groups is 1. The molecule has 2 aromatic heterocycles. The van der Waals surface area contributed by atoms with E-state index in [4.69, 9.17) is 9.84 Å². The van der Waals surface area contributed by atoms with E-state index in [1.165, 1.54) is 0 Å². The number of aromatic nitrogens is 3. The van der Waals surface area contributed by atoms with Crippen LogP contribution in [-0.2, 0) is 28.9 Å². The van der Waals surface area contributed by atoms with Crippen LogP contribution in [0.4, 0.5) is 26.1 Å². The van der Waals surface area contributed by atoms with Crippen LogP contribution in [0.5, 0.6) is 0 Å². The molecule has 1 fully saturated rings. The minimum absolute atomic E-state index is 0.00635. The first kappa shape index (κ1) is 26.7. The fourth-order valence-electron chi connectivity index (χ4n) is 6.25. The molecule has 8 nitrogen and oxygen atoms in total. The van der Waals surface area contributed by atoms with Crippen LogP contribution in [0, 0.1) is 0 Å². The van der Waals surface area contributed by atoms with Crippen LogP contribution >= 0.6 is 0 Å². The Morgan fingerprint density at radius 2 is 1.93 bits per heavy atom. The van der Waals surface area contributed by atoms with Gasteiger partial charge in [-0.1, -0.05) is 0 Å². The number of halogens is 2. The molecular formula is C30H36F2N6O2. The van der Waals surface area contributed by atoms with E-state index < -0.39 is 6.43 Å². The average Bonchev–Trinajstić information content (AvgIpc) is 3.35. The molecule has 0 spiro atoms. The molecule has 0 radical (unpaired) electrons. The summed E-state index contributed by atoms with van der Waals surface area (Å²) in [5.74, 6) is 1.60. The Kier molecular flexibility index (Phi) is 7.20. The van der Waals surface area contributed by atoms with Crippen LogP contribution in [-0.4, -0.2) is 66.0 Å². The SMILES string of the molecule is CC(=O)N1CCc2c(c(N3CCCc4cc(-c5ccc(N(C)C)nc5)c(C(F)F)cc43)nn2C2CCOCC2)C1. The predicted octanol–water partition coefficient (Wildman–Crippen LogP) is 5.29. The molecule has 0 saturated carbocycles. The number of ether oxygens (including phenoxy) is 1. The maximum atomic E-state index is 14.6. The average molecular weight is 551 g/mol. The van der Waals surface area contributed by atoms with E-state index in [-0.39, 0.29) is 17.5 Å². The molecule has 0 N–H and O–H groups in total. The lowest BCUT2D eigenvalue weighted by Crippen LogP contribution is -2.36. The summed E-state index contributed by atoms with van der Waals surface area (Å²) in [5.41, 5.74) is 5.19. The number of carbonyl (C=O) groups excluding carboxylic acids is 1. The van der Waals surface area contributed by atoms with E-state index in [0.717, 1.165) is 66.2 Å². The third kappa shape index (κ3) is 4.82. The number of benzene rings is 1. The number of anilines is 3. The van der Waals surface area contributed by atoms with Gasteiger partial charge in [-0.3, -0.25) is 9.48 Å². The highest BCUT2D eigenvalue weighted by Gasteiger charge is 2.34. The van der Waals surface area contributed by atoms with Gasteiger partial charge in [0, 0.05) is 88.0 Å². The van der Waals surface area contributed by atoms with Gasteiger partial charge >= 0.3 is 0 Å². The number of hydrogen-bond donors (Lipinski definition) is 0. The molecule has 0 atom stereocenters. The number of fused-ring (bicyclic) bond motifs is 2. The van der Waals surface area contributed by atoms with Crippen molar-refractivity contribution >= 4 is 23.2 Å². The van der Waals surface area contributed by atoms with Crippen molar-refractivity contribution in [1.29, 1.82) is 0 Å². The molecule has 3 aliphatic heterocycles. The summed E-state index contributed by atoms with van der Waals surface area (Å²) in [7, 11) is 3.80. The van der Waals surface area contributed by atoms with Gasteiger partial charge in [0.1, 0.15) is 5.82 Å². The molecule has 3 aromatic rings. The Hall–Kier alpha value is -3.53. The molecule has 6 rings (SSSR count). The van der Waals surface area contributed by atoms with E-state index in [0.29, 0.717) is 44.0 Å². The molecule has 0 unspecified atom stereocenters. The Bertz CT molecular complexity index is 1400. The second-order valence-electron chi connectivity index (χ2n) is 11.2. The quantitative estimate of drug-likeness (QED) is 0.430. The Morgan fingerprint density at radius 1 is 1.12 bits per heavy atom. The number of hydrogen-bond acceptors (Lipinski definition) is 6. The van der Waals surface area contributed by atoms with Crippen molar-refractivity contribution in [3.8, 4) is 11.1 Å². The van der Waals surface area contributed by atoms with Gasteiger partial charge in [0.25, 0.3) is 6.43 Å². The number of pyridine rings is 1.